The number of aliphatic hydroxyl groups is 1. The Morgan fingerprint density at radius 1 is 1.09 bits per heavy atom. The molecule has 1 atom stereocenters. The van der Waals surface area contributed by atoms with E-state index in [1.54, 1.807) is 28.8 Å². The lowest BCUT2D eigenvalue weighted by atomic mass is 10.2. The summed E-state index contributed by atoms with van der Waals surface area (Å²) in [5.41, 5.74) is 0.941. The Balaban J connectivity index is 1.49. The molecule has 2 amide bonds. The number of ether oxygens (including phenoxy) is 1. The number of methoxy groups -OCH3 is 1. The van der Waals surface area contributed by atoms with Crippen LogP contribution < -0.4 is 10.6 Å². The van der Waals surface area contributed by atoms with Crippen LogP contribution in [0.2, 0.25) is 5.02 Å². The number of hydrogen-bond acceptors (Lipinski definition) is 6. The maximum absolute atomic E-state index is 13.0. The van der Waals surface area contributed by atoms with E-state index in [0.717, 1.165) is 12.1 Å². The maximum atomic E-state index is 13.0. The lowest BCUT2D eigenvalue weighted by Gasteiger charge is -2.12. The Labute approximate surface area is 195 Å². The van der Waals surface area contributed by atoms with Gasteiger partial charge in [-0.1, -0.05) is 11.6 Å². The number of urea groups is 1. The van der Waals surface area contributed by atoms with Crippen LogP contribution in [0, 0.1) is 0 Å². The van der Waals surface area contributed by atoms with E-state index in [0.29, 0.717) is 22.5 Å². The van der Waals surface area contributed by atoms with E-state index in [2.05, 4.69) is 25.6 Å². The van der Waals surface area contributed by atoms with Gasteiger partial charge in [-0.15, -0.1) is 0 Å². The van der Waals surface area contributed by atoms with E-state index >= 15 is 0 Å². The summed E-state index contributed by atoms with van der Waals surface area (Å²) < 4.78 is 45.5. The summed E-state index contributed by atoms with van der Waals surface area (Å²) in [6, 6.07) is 8.88. The molecule has 0 radical (unpaired) electrons. The van der Waals surface area contributed by atoms with Crippen LogP contribution in [0.3, 0.4) is 0 Å². The quantitative estimate of drug-likeness (QED) is 0.346. The normalized spacial score (nSPS) is 12.5. The highest BCUT2D eigenvalue weighted by Gasteiger charge is 2.33. The number of hydrogen-bond donors (Lipinski definition) is 3. The molecule has 0 bridgehead atoms. The summed E-state index contributed by atoms with van der Waals surface area (Å²) >= 11 is 5.59. The number of carbonyl (C=O) groups is 1. The summed E-state index contributed by atoms with van der Waals surface area (Å²) in [4.78, 5) is 24.7. The topological polar surface area (TPSA) is 114 Å². The molecule has 0 saturated carbocycles. The molecule has 4 aromatic rings. The largest absolute Gasteiger partial charge is 0.417 e. The number of anilines is 2. The van der Waals surface area contributed by atoms with Crippen LogP contribution in [0.15, 0.2) is 55.1 Å². The van der Waals surface area contributed by atoms with Crippen molar-refractivity contribution in [2.75, 3.05) is 17.7 Å². The fourth-order valence-electron chi connectivity index (χ4n) is 3.15. The third-order valence-corrected chi connectivity index (χ3v) is 5.08. The highest BCUT2D eigenvalue weighted by Crippen LogP contribution is 2.36. The lowest BCUT2D eigenvalue weighted by molar-refractivity contribution is -0.137. The molecule has 13 heteroatoms. The van der Waals surface area contributed by atoms with E-state index in [1.165, 1.54) is 25.8 Å². The molecule has 0 fully saturated rings. The van der Waals surface area contributed by atoms with Crippen LogP contribution in [-0.2, 0) is 10.9 Å². The van der Waals surface area contributed by atoms with Gasteiger partial charge >= 0.3 is 12.2 Å². The smallest absolute Gasteiger partial charge is 0.363 e. The average molecular weight is 493 g/mol. The van der Waals surface area contributed by atoms with Crippen molar-refractivity contribution in [2.45, 2.75) is 12.5 Å². The van der Waals surface area contributed by atoms with Gasteiger partial charge in [-0.05, 0) is 42.5 Å². The number of halogens is 4. The molecule has 4 rings (SSSR count). The van der Waals surface area contributed by atoms with Crippen LogP contribution in [0.1, 0.15) is 17.5 Å². The van der Waals surface area contributed by atoms with Gasteiger partial charge in [0, 0.05) is 24.2 Å². The number of nitrogens with zero attached hydrogens (tertiary/aromatic N) is 4. The number of rotatable bonds is 5. The summed E-state index contributed by atoms with van der Waals surface area (Å²) in [5.74, 6) is 0. The minimum atomic E-state index is -4.65. The number of carbonyl (C=O) groups excluding carboxylic acids is 1. The third-order valence-electron chi connectivity index (χ3n) is 4.75. The predicted molar refractivity (Wildman–Crippen MR) is 118 cm³/mol. The molecule has 2 aromatic carbocycles. The Morgan fingerprint density at radius 2 is 1.76 bits per heavy atom. The van der Waals surface area contributed by atoms with Gasteiger partial charge in [0.25, 0.3) is 0 Å². The van der Waals surface area contributed by atoms with Crippen molar-refractivity contribution < 1.29 is 27.8 Å². The van der Waals surface area contributed by atoms with Gasteiger partial charge in [0.15, 0.2) is 5.65 Å². The molecule has 1 unspecified atom stereocenters. The monoisotopic (exact) mass is 492 g/mol. The van der Waals surface area contributed by atoms with Crippen LogP contribution in [0.4, 0.5) is 29.3 Å². The van der Waals surface area contributed by atoms with Crippen molar-refractivity contribution in [3.8, 4) is 5.69 Å². The fourth-order valence-corrected chi connectivity index (χ4v) is 3.38. The van der Waals surface area contributed by atoms with Crippen molar-refractivity contribution in [1.29, 1.82) is 0 Å². The second-order valence-electron chi connectivity index (χ2n) is 6.95. The summed E-state index contributed by atoms with van der Waals surface area (Å²) in [7, 11) is 1.33. The number of alkyl halides is 3. The Hall–Kier alpha value is -3.74. The van der Waals surface area contributed by atoms with Gasteiger partial charge in [0.05, 0.1) is 10.6 Å². The van der Waals surface area contributed by atoms with Crippen molar-refractivity contribution in [2.24, 2.45) is 0 Å². The van der Waals surface area contributed by atoms with Gasteiger partial charge in [0.2, 0.25) is 6.29 Å². The second-order valence-corrected chi connectivity index (χ2v) is 7.36. The van der Waals surface area contributed by atoms with E-state index in [-0.39, 0.29) is 11.4 Å². The van der Waals surface area contributed by atoms with Crippen LogP contribution >= 0.6 is 11.6 Å². The van der Waals surface area contributed by atoms with Gasteiger partial charge < -0.3 is 20.5 Å². The fraction of sp³-hybridized carbons (Fsp3) is 0.143. The van der Waals surface area contributed by atoms with Crippen molar-refractivity contribution in [3.05, 3.63) is 71.4 Å². The molecule has 2 aromatic heterocycles. The SMILES string of the molecule is COC(O)c1ncnc2c1ncn2-c1ccc(NC(=O)Nc2ccc(Cl)c(C(F)(F)F)c2)cc1. The summed E-state index contributed by atoms with van der Waals surface area (Å²) in [6.45, 7) is 0. The number of imidazole rings is 1. The molecule has 176 valence electrons. The van der Waals surface area contributed by atoms with E-state index < -0.39 is 29.1 Å². The molecule has 34 heavy (non-hydrogen) atoms. The predicted octanol–water partition coefficient (Wildman–Crippen LogP) is 4.77. The van der Waals surface area contributed by atoms with E-state index in [1.807, 2.05) is 0 Å². The summed E-state index contributed by atoms with van der Waals surface area (Å²) in [5, 5.41) is 14.4. The molecule has 0 spiro atoms. The number of benzene rings is 2. The summed E-state index contributed by atoms with van der Waals surface area (Å²) in [6.07, 6.45) is -3.13. The first-order valence-corrected chi connectivity index (χ1v) is 9.99. The maximum Gasteiger partial charge on any atom is 0.417 e. The van der Waals surface area contributed by atoms with Crippen molar-refractivity contribution in [3.63, 3.8) is 0 Å². The first-order chi connectivity index (χ1) is 16.2. The molecule has 9 nitrogen and oxygen atoms in total. The third kappa shape index (κ3) is 4.78. The zero-order chi connectivity index (χ0) is 24.5. The van der Waals surface area contributed by atoms with Crippen LogP contribution in [-0.4, -0.2) is 37.8 Å². The van der Waals surface area contributed by atoms with E-state index in [9.17, 15) is 23.1 Å². The molecule has 3 N–H and O–H groups in total. The number of nitrogens with one attached hydrogen (secondary N) is 2. The molecular formula is C21H16ClF3N6O3. The number of aromatic nitrogens is 4. The number of amides is 2. The van der Waals surface area contributed by atoms with Gasteiger partial charge in [-0.3, -0.25) is 4.57 Å². The zero-order valence-electron chi connectivity index (χ0n) is 17.3. The molecule has 2 heterocycles. The number of fused-ring (bicyclic) bond motifs is 1. The molecular weight excluding hydrogens is 477 g/mol. The highest BCUT2D eigenvalue weighted by atomic mass is 35.5. The average Bonchev–Trinajstić information content (AvgIpc) is 3.24. The van der Waals surface area contributed by atoms with Crippen LogP contribution in [0.25, 0.3) is 16.9 Å². The van der Waals surface area contributed by atoms with Crippen molar-refractivity contribution in [1.82, 2.24) is 19.5 Å². The Kier molecular flexibility index (Phi) is 6.37. The van der Waals surface area contributed by atoms with Crippen LogP contribution in [0.5, 0.6) is 0 Å². The highest BCUT2D eigenvalue weighted by molar-refractivity contribution is 6.31. The Bertz CT molecular complexity index is 1340. The number of aliphatic hydroxyl groups excluding tert-OH is 1. The first kappa shape index (κ1) is 23.4. The standard InChI is InChI=1S/C21H16ClF3N6O3/c1-34-19(32)17-16-18(27-9-26-17)31(10-28-16)13-5-2-11(3-6-13)29-20(33)30-12-4-7-15(22)14(8-12)21(23,24)25/h2-10,19,32H,1H3,(H2,29,30,33). The second kappa shape index (κ2) is 9.25. The van der Waals surface area contributed by atoms with Gasteiger partial charge in [-0.2, -0.15) is 13.2 Å². The lowest BCUT2D eigenvalue weighted by Crippen LogP contribution is -2.20. The minimum absolute atomic E-state index is 0.0653. The molecule has 0 saturated heterocycles. The van der Waals surface area contributed by atoms with E-state index in [4.69, 9.17) is 16.3 Å². The molecule has 0 aliphatic carbocycles. The van der Waals surface area contributed by atoms with Crippen molar-refractivity contribution >= 4 is 40.2 Å². The Morgan fingerprint density at radius 3 is 2.44 bits per heavy atom. The zero-order valence-corrected chi connectivity index (χ0v) is 18.1. The van der Waals surface area contributed by atoms with Gasteiger partial charge in [-0.25, -0.2) is 19.7 Å². The van der Waals surface area contributed by atoms with Gasteiger partial charge in [0.1, 0.15) is 23.9 Å². The molecule has 0 aliphatic heterocycles. The molecule has 0 aliphatic rings. The first-order valence-electron chi connectivity index (χ1n) is 9.61. The minimum Gasteiger partial charge on any atom is -0.363 e.